The molecule has 1 aromatic heterocycles. The Bertz CT molecular complexity index is 1180. The van der Waals surface area contributed by atoms with Crippen LogP contribution >= 0.6 is 11.8 Å². The highest BCUT2D eigenvalue weighted by molar-refractivity contribution is 8.00. The van der Waals surface area contributed by atoms with Crippen LogP contribution in [0.15, 0.2) is 64.5 Å². The van der Waals surface area contributed by atoms with Gasteiger partial charge in [0, 0.05) is 39.8 Å². The van der Waals surface area contributed by atoms with E-state index in [0.29, 0.717) is 35.8 Å². The molecular formula is C26H32N4O3S. The first-order valence-corrected chi connectivity index (χ1v) is 12.6. The quantitative estimate of drug-likeness (QED) is 0.364. The van der Waals surface area contributed by atoms with E-state index in [4.69, 9.17) is 9.72 Å². The number of aromatic nitrogens is 2. The van der Waals surface area contributed by atoms with Crippen LogP contribution in [0.3, 0.4) is 0 Å². The Morgan fingerprint density at radius 1 is 1.03 bits per heavy atom. The Kier molecular flexibility index (Phi) is 8.03. The standard InChI is InChI=1S/C26H32N4O3S/c1-19(18-33-3)30-25(32)22-11-7-8-12-23(22)27-26(30)34-20(2)24(31)29-15-13-28(14-16-29)17-21-9-5-4-6-10-21/h4-12,19-20H,13-18H2,1-3H3. The van der Waals surface area contributed by atoms with E-state index < -0.39 is 0 Å². The Hall–Kier alpha value is -2.68. The van der Waals surface area contributed by atoms with Crippen molar-refractivity contribution in [2.45, 2.75) is 36.8 Å². The molecule has 1 amide bonds. The maximum Gasteiger partial charge on any atom is 0.262 e. The Balaban J connectivity index is 1.46. The van der Waals surface area contributed by atoms with Gasteiger partial charge in [0.1, 0.15) is 0 Å². The highest BCUT2D eigenvalue weighted by Crippen LogP contribution is 2.26. The topological polar surface area (TPSA) is 67.7 Å². The minimum Gasteiger partial charge on any atom is -0.383 e. The molecule has 34 heavy (non-hydrogen) atoms. The van der Waals surface area contributed by atoms with Crippen molar-refractivity contribution in [3.63, 3.8) is 0 Å². The summed E-state index contributed by atoms with van der Waals surface area (Å²) in [7, 11) is 1.62. The molecule has 2 unspecified atom stereocenters. The first-order chi connectivity index (χ1) is 16.5. The van der Waals surface area contributed by atoms with Crippen LogP contribution in [0.4, 0.5) is 0 Å². The molecule has 3 aromatic rings. The summed E-state index contributed by atoms with van der Waals surface area (Å²) in [6.07, 6.45) is 0. The van der Waals surface area contributed by atoms with E-state index in [-0.39, 0.29) is 22.8 Å². The first-order valence-electron chi connectivity index (χ1n) is 11.7. The molecule has 0 spiro atoms. The predicted molar refractivity (Wildman–Crippen MR) is 136 cm³/mol. The lowest BCUT2D eigenvalue weighted by molar-refractivity contribution is -0.132. The number of fused-ring (bicyclic) bond motifs is 1. The van der Waals surface area contributed by atoms with Crippen molar-refractivity contribution in [2.24, 2.45) is 0 Å². The summed E-state index contributed by atoms with van der Waals surface area (Å²) < 4.78 is 6.97. The minimum absolute atomic E-state index is 0.0812. The van der Waals surface area contributed by atoms with E-state index in [1.807, 2.05) is 43.0 Å². The van der Waals surface area contributed by atoms with Crippen molar-refractivity contribution >= 4 is 28.6 Å². The van der Waals surface area contributed by atoms with Gasteiger partial charge in [-0.15, -0.1) is 0 Å². The van der Waals surface area contributed by atoms with Crippen molar-refractivity contribution in [1.29, 1.82) is 0 Å². The van der Waals surface area contributed by atoms with Crippen LogP contribution in [-0.4, -0.2) is 70.4 Å². The Morgan fingerprint density at radius 3 is 2.41 bits per heavy atom. The average molecular weight is 481 g/mol. The number of thioether (sulfide) groups is 1. The molecule has 4 rings (SSSR count). The van der Waals surface area contributed by atoms with Gasteiger partial charge in [-0.25, -0.2) is 4.98 Å². The van der Waals surface area contributed by atoms with Gasteiger partial charge in [-0.05, 0) is 31.5 Å². The molecular weight excluding hydrogens is 448 g/mol. The van der Waals surface area contributed by atoms with Crippen molar-refractivity contribution in [3.05, 3.63) is 70.5 Å². The summed E-state index contributed by atoms with van der Waals surface area (Å²) in [6.45, 7) is 8.23. The molecule has 180 valence electrons. The lowest BCUT2D eigenvalue weighted by Gasteiger charge is -2.36. The molecule has 0 N–H and O–H groups in total. The fraction of sp³-hybridized carbons (Fsp3) is 0.423. The van der Waals surface area contributed by atoms with E-state index >= 15 is 0 Å². The van der Waals surface area contributed by atoms with Gasteiger partial charge in [-0.2, -0.15) is 0 Å². The summed E-state index contributed by atoms with van der Waals surface area (Å²) in [6, 6.07) is 17.6. The molecule has 1 fully saturated rings. The fourth-order valence-corrected chi connectivity index (χ4v) is 5.44. The smallest absolute Gasteiger partial charge is 0.262 e. The number of ether oxygens (including phenoxy) is 1. The molecule has 2 atom stereocenters. The third-order valence-corrected chi connectivity index (χ3v) is 7.24. The molecule has 0 aliphatic carbocycles. The highest BCUT2D eigenvalue weighted by Gasteiger charge is 2.27. The number of piperazine rings is 1. The van der Waals surface area contributed by atoms with Crippen molar-refractivity contribution in [1.82, 2.24) is 19.4 Å². The van der Waals surface area contributed by atoms with Crippen molar-refractivity contribution in [2.75, 3.05) is 39.9 Å². The number of hydrogen-bond acceptors (Lipinski definition) is 6. The average Bonchev–Trinajstić information content (AvgIpc) is 2.85. The van der Waals surface area contributed by atoms with E-state index in [0.717, 1.165) is 19.6 Å². The molecule has 2 heterocycles. The minimum atomic E-state index is -0.352. The first kappa shape index (κ1) is 24.4. The Labute approximate surface area is 204 Å². The Morgan fingerprint density at radius 2 is 1.71 bits per heavy atom. The second-order valence-electron chi connectivity index (χ2n) is 8.74. The number of para-hydroxylation sites is 1. The summed E-state index contributed by atoms with van der Waals surface area (Å²) in [4.78, 5) is 35.6. The summed E-state index contributed by atoms with van der Waals surface area (Å²) in [5.41, 5.74) is 1.83. The molecule has 0 bridgehead atoms. The molecule has 7 nitrogen and oxygen atoms in total. The molecule has 0 saturated carbocycles. The zero-order valence-corrected chi connectivity index (χ0v) is 20.8. The van der Waals surface area contributed by atoms with E-state index in [1.165, 1.54) is 17.3 Å². The maximum atomic E-state index is 13.3. The number of rotatable bonds is 8. The second kappa shape index (κ2) is 11.2. The molecule has 8 heteroatoms. The van der Waals surface area contributed by atoms with Gasteiger partial charge in [0.05, 0.1) is 28.8 Å². The summed E-state index contributed by atoms with van der Waals surface area (Å²) in [5, 5.41) is 0.773. The number of benzene rings is 2. The number of hydrogen-bond donors (Lipinski definition) is 0. The lowest BCUT2D eigenvalue weighted by atomic mass is 10.2. The van der Waals surface area contributed by atoms with E-state index in [2.05, 4.69) is 29.2 Å². The zero-order chi connectivity index (χ0) is 24.1. The normalized spacial score (nSPS) is 16.5. The molecule has 1 aliphatic heterocycles. The lowest BCUT2D eigenvalue weighted by Crippen LogP contribution is -2.50. The van der Waals surface area contributed by atoms with Crippen LogP contribution in [0.1, 0.15) is 25.5 Å². The van der Waals surface area contributed by atoms with Crippen LogP contribution in [0.25, 0.3) is 10.9 Å². The van der Waals surface area contributed by atoms with Gasteiger partial charge in [0.15, 0.2) is 5.16 Å². The zero-order valence-electron chi connectivity index (χ0n) is 20.0. The van der Waals surface area contributed by atoms with Gasteiger partial charge in [0.25, 0.3) is 5.56 Å². The van der Waals surface area contributed by atoms with Crippen LogP contribution in [0.2, 0.25) is 0 Å². The molecule has 0 radical (unpaired) electrons. The molecule has 2 aromatic carbocycles. The maximum absolute atomic E-state index is 13.3. The largest absolute Gasteiger partial charge is 0.383 e. The number of carbonyl (C=O) groups is 1. The molecule has 1 aliphatic rings. The van der Waals surface area contributed by atoms with Gasteiger partial charge < -0.3 is 9.64 Å². The van der Waals surface area contributed by atoms with Crippen LogP contribution in [0.5, 0.6) is 0 Å². The van der Waals surface area contributed by atoms with Crippen molar-refractivity contribution < 1.29 is 9.53 Å². The van der Waals surface area contributed by atoms with Crippen molar-refractivity contribution in [3.8, 4) is 0 Å². The highest BCUT2D eigenvalue weighted by atomic mass is 32.2. The number of nitrogens with zero attached hydrogens (tertiary/aromatic N) is 4. The van der Waals surface area contributed by atoms with E-state index in [9.17, 15) is 9.59 Å². The summed E-state index contributed by atoms with van der Waals surface area (Å²) >= 11 is 1.35. The van der Waals surface area contributed by atoms with Crippen LogP contribution in [0, 0.1) is 0 Å². The SMILES string of the molecule is COCC(C)n1c(SC(C)C(=O)N2CCN(Cc3ccccc3)CC2)nc2ccccc2c1=O. The monoisotopic (exact) mass is 480 g/mol. The van der Waals surface area contributed by atoms with E-state index in [1.54, 1.807) is 17.7 Å². The predicted octanol–water partition coefficient (Wildman–Crippen LogP) is 3.43. The number of methoxy groups -OCH3 is 1. The summed E-state index contributed by atoms with van der Waals surface area (Å²) in [5.74, 6) is 0.0812. The van der Waals surface area contributed by atoms with Gasteiger partial charge >= 0.3 is 0 Å². The second-order valence-corrected chi connectivity index (χ2v) is 10.0. The fourth-order valence-electron chi connectivity index (χ4n) is 4.35. The third-order valence-electron chi connectivity index (χ3n) is 6.19. The van der Waals surface area contributed by atoms with Gasteiger partial charge in [0.2, 0.25) is 5.91 Å². The third kappa shape index (κ3) is 5.51. The van der Waals surface area contributed by atoms with Gasteiger partial charge in [-0.1, -0.05) is 54.2 Å². The number of carbonyl (C=O) groups excluding carboxylic acids is 1. The number of amides is 1. The van der Waals surface area contributed by atoms with Crippen LogP contribution < -0.4 is 5.56 Å². The van der Waals surface area contributed by atoms with Crippen LogP contribution in [-0.2, 0) is 16.1 Å². The van der Waals surface area contributed by atoms with Gasteiger partial charge in [-0.3, -0.25) is 19.1 Å². The molecule has 1 saturated heterocycles.